The lowest BCUT2D eigenvalue weighted by molar-refractivity contribution is 0.589. The number of rotatable bonds is 9. The zero-order chi connectivity index (χ0) is 92.1. The molecule has 22 rings (SSSR count). The van der Waals surface area contributed by atoms with Gasteiger partial charge in [0.05, 0.1) is 61.1 Å². The predicted molar refractivity (Wildman–Crippen MR) is 497 cm³/mol. The van der Waals surface area contributed by atoms with Crippen LogP contribution in [0.4, 0.5) is 51.2 Å². The van der Waals surface area contributed by atoms with Crippen LogP contribution >= 0.6 is 11.8 Å². The van der Waals surface area contributed by atoms with Gasteiger partial charge in [-0.15, -0.1) is 0 Å². The van der Waals surface area contributed by atoms with Gasteiger partial charge in [0, 0.05) is 99.1 Å². The minimum absolute atomic E-state index is 0.0256. The Bertz CT molecular complexity index is 7820. The lowest BCUT2D eigenvalue weighted by Crippen LogP contribution is -2.65. The lowest BCUT2D eigenvalue weighted by Gasteiger charge is -2.47. The molecule has 0 saturated heterocycles. The minimum Gasteiger partial charge on any atom is -0.311 e. The maximum absolute atomic E-state index is 10.2. The zero-order valence-corrected chi connectivity index (χ0v) is 66.4. The molecule has 4 aliphatic rings. The molecule has 5 nitrogen and oxygen atoms in total. The standard InChI is InChI=1S/C108H85B2N5S/c1-106(2,3)72-52-56-75(57-53-72)111-95-67-96-89(110-87-59-55-74(108(7,8)9)61-100(87)116-101-65-77(113-92-50-28-24-42-84(92)85-43-25-29-51-93(85)113)64-99(103(101)110)115(96)105-80(70-36-18-12-19-37-70)46-31-47-81(105)71-38-20-13-21-39-71)66-88(95)109-86-58-54-73(107(4,5)6)60-94(86)114(104-78(68-32-14-10-15-33-68)44-30-45-79(104)69-34-16-11-17-35-69)98-63-76(62-97(111)102(98)109)112-90-48-26-22-40-82(90)83-41-23-27-49-91(83)112/h10-67H,1-9H3/i22D,23D,24D,25D,26D,27D,28D,29D,40D,41D,42D,43D,48D,49D,50D,51D. The van der Waals surface area contributed by atoms with Crippen LogP contribution in [-0.2, 0) is 16.2 Å². The van der Waals surface area contributed by atoms with Crippen molar-refractivity contribution in [3.8, 4) is 55.9 Å². The van der Waals surface area contributed by atoms with Gasteiger partial charge in [0.1, 0.15) is 0 Å². The first-order valence-electron chi connectivity index (χ1n) is 47.6. The molecule has 0 amide bonds. The second-order valence-corrected chi connectivity index (χ2v) is 35.1. The smallest absolute Gasteiger partial charge is 0.252 e. The van der Waals surface area contributed by atoms with E-state index < -0.39 is 116 Å². The lowest BCUT2D eigenvalue weighted by atomic mass is 9.30. The van der Waals surface area contributed by atoms with Crippen molar-refractivity contribution >= 4 is 153 Å². The first-order chi connectivity index (χ1) is 63.1. The van der Waals surface area contributed by atoms with Gasteiger partial charge in [-0.3, -0.25) is 0 Å². The van der Waals surface area contributed by atoms with Gasteiger partial charge >= 0.3 is 0 Å². The summed E-state index contributed by atoms with van der Waals surface area (Å²) < 4.78 is 159. The molecule has 0 spiro atoms. The van der Waals surface area contributed by atoms with Crippen molar-refractivity contribution in [1.29, 1.82) is 0 Å². The highest BCUT2D eigenvalue weighted by molar-refractivity contribution is 8.00. The molecule has 4 aliphatic heterocycles. The van der Waals surface area contributed by atoms with Crippen molar-refractivity contribution in [3.05, 3.63) is 368 Å². The molecule has 0 atom stereocenters. The van der Waals surface area contributed by atoms with Crippen LogP contribution in [0.1, 0.15) is 101 Å². The van der Waals surface area contributed by atoms with Gasteiger partial charge in [0.2, 0.25) is 6.71 Å². The van der Waals surface area contributed by atoms with Crippen LogP contribution in [0.15, 0.2) is 361 Å². The Labute approximate surface area is 707 Å². The summed E-state index contributed by atoms with van der Waals surface area (Å²) in [5.41, 5.74) is 21.8. The summed E-state index contributed by atoms with van der Waals surface area (Å²) >= 11 is 1.59. The summed E-state index contributed by atoms with van der Waals surface area (Å²) in [6.07, 6.45) is 0. The summed E-state index contributed by atoms with van der Waals surface area (Å²) in [6.45, 7) is 18.5. The average molecular weight is 1520 g/mol. The highest BCUT2D eigenvalue weighted by Gasteiger charge is 2.50. The van der Waals surface area contributed by atoms with E-state index in [0.29, 0.717) is 28.4 Å². The number of para-hydroxylation sites is 6. The van der Waals surface area contributed by atoms with Crippen molar-refractivity contribution in [2.75, 3.05) is 14.7 Å². The number of aromatic nitrogens is 2. The molecule has 0 radical (unpaired) electrons. The molecule has 0 unspecified atom stereocenters. The summed E-state index contributed by atoms with van der Waals surface area (Å²) in [6, 6.07) is 81.3. The summed E-state index contributed by atoms with van der Waals surface area (Å²) in [7, 11) is 0. The van der Waals surface area contributed by atoms with E-state index in [-0.39, 0.29) is 54.4 Å². The quantitative estimate of drug-likeness (QED) is 0.134. The maximum atomic E-state index is 10.2. The van der Waals surface area contributed by atoms with E-state index in [1.807, 2.05) is 91.0 Å². The number of nitrogens with zero attached hydrogens (tertiary/aromatic N) is 5. The van der Waals surface area contributed by atoms with E-state index in [9.17, 15) is 21.9 Å². The van der Waals surface area contributed by atoms with Gasteiger partial charge in [0.25, 0.3) is 6.71 Å². The van der Waals surface area contributed by atoms with Crippen LogP contribution < -0.4 is 47.5 Å². The van der Waals surface area contributed by atoms with E-state index in [0.717, 1.165) is 138 Å². The molecule has 0 fully saturated rings. The second-order valence-electron chi connectivity index (χ2n) is 34.0. The fraction of sp³-hybridized carbons (Fsp3) is 0.111. The van der Waals surface area contributed by atoms with Crippen LogP contribution in [0.25, 0.3) is 99.5 Å². The Morgan fingerprint density at radius 1 is 0.267 bits per heavy atom. The molecule has 6 heterocycles. The Balaban J connectivity index is 0.960. The van der Waals surface area contributed by atoms with E-state index >= 15 is 0 Å². The number of anilines is 9. The van der Waals surface area contributed by atoms with E-state index in [2.05, 4.69) is 241 Å². The van der Waals surface area contributed by atoms with Crippen LogP contribution in [-0.4, -0.2) is 22.6 Å². The SMILES string of the molecule is [2H]c1c([2H])c([2H])c2c(c1[2H])c1c([2H])c([2H])c([2H])c([2H])c1n2-c1cc2c3c(c1)N(c1c(-c4ccccc4)cccc1-c1ccccc1)c1cc4c(cc1B3c1ccc(C(C)(C)C)cc1S2)B1c2ccc(C(C)(C)C)cc2N(c2c(-c3ccccc3)cccc2-c2ccccc2)c2cc(-n3c5c([2H])c([2H])c([2H])c([2H])c5c5c([2H])c([2H])c([2H])c([2H])c53)cc(c21)N4c1ccc(C(C)(C)C)cc1. The third kappa shape index (κ3) is 10.9. The van der Waals surface area contributed by atoms with Crippen molar-refractivity contribution in [2.24, 2.45) is 0 Å². The van der Waals surface area contributed by atoms with Gasteiger partial charge in [-0.25, -0.2) is 0 Å². The molecular weight excluding hydrogens is 1420 g/mol. The molecule has 8 heteroatoms. The Hall–Kier alpha value is -13.0. The van der Waals surface area contributed by atoms with Crippen LogP contribution in [0, 0.1) is 0 Å². The number of fused-ring (bicyclic) bond motifs is 14. The topological polar surface area (TPSA) is 19.6 Å². The number of hydrogen-bond donors (Lipinski definition) is 0. The van der Waals surface area contributed by atoms with Crippen LogP contribution in [0.3, 0.4) is 0 Å². The fourth-order valence-electron chi connectivity index (χ4n) is 18.6. The molecule has 16 aromatic carbocycles. The Morgan fingerprint density at radius 2 is 0.621 bits per heavy atom. The molecule has 2 aromatic heterocycles. The molecular formula is C108H85B2N5S. The highest BCUT2D eigenvalue weighted by Crippen LogP contribution is 2.56. The molecule has 0 aliphatic carbocycles. The van der Waals surface area contributed by atoms with Crippen molar-refractivity contribution in [3.63, 3.8) is 0 Å². The third-order valence-corrected chi connectivity index (χ3v) is 25.2. The van der Waals surface area contributed by atoms with Crippen molar-refractivity contribution in [1.82, 2.24) is 9.13 Å². The number of benzene rings is 16. The molecule has 18 aromatic rings. The molecule has 0 saturated carbocycles. The van der Waals surface area contributed by atoms with Crippen LogP contribution in [0.5, 0.6) is 0 Å². The summed E-state index contributed by atoms with van der Waals surface area (Å²) in [5.74, 6) is 0. The third-order valence-electron chi connectivity index (χ3n) is 24.1. The van der Waals surface area contributed by atoms with Gasteiger partial charge in [0.15, 0.2) is 0 Å². The first kappa shape index (κ1) is 54.7. The van der Waals surface area contributed by atoms with Gasteiger partial charge in [-0.1, -0.05) is 352 Å². The summed E-state index contributed by atoms with van der Waals surface area (Å²) in [5, 5.41) is -0.248. The van der Waals surface area contributed by atoms with E-state index in [1.165, 1.54) is 0 Å². The minimum atomic E-state index is -0.685. The zero-order valence-electron chi connectivity index (χ0n) is 81.5. The van der Waals surface area contributed by atoms with Crippen molar-refractivity contribution < 1.29 is 21.9 Å². The van der Waals surface area contributed by atoms with Gasteiger partial charge < -0.3 is 23.8 Å². The maximum Gasteiger partial charge on any atom is 0.252 e. The number of hydrogen-bond acceptors (Lipinski definition) is 4. The van der Waals surface area contributed by atoms with E-state index in [1.54, 1.807) is 20.9 Å². The largest absolute Gasteiger partial charge is 0.311 e. The molecule has 554 valence electrons. The molecule has 0 N–H and O–H groups in total. The first-order valence-corrected chi connectivity index (χ1v) is 40.5. The summed E-state index contributed by atoms with van der Waals surface area (Å²) in [4.78, 5) is 8.81. The normalized spacial score (nSPS) is 15.4. The highest BCUT2D eigenvalue weighted by atomic mass is 32.2. The van der Waals surface area contributed by atoms with E-state index in [4.69, 9.17) is 0 Å². The van der Waals surface area contributed by atoms with Gasteiger partial charge in [-0.05, 0) is 161 Å². The Kier molecular flexibility index (Phi) is 12.4. The molecule has 0 bridgehead atoms. The van der Waals surface area contributed by atoms with Crippen LogP contribution in [0.2, 0.25) is 0 Å². The average Bonchev–Trinajstić information content (AvgIpc) is 0.746. The Morgan fingerprint density at radius 3 is 1.05 bits per heavy atom. The predicted octanol–water partition coefficient (Wildman–Crippen LogP) is 25.3. The van der Waals surface area contributed by atoms with Gasteiger partial charge in [-0.2, -0.15) is 0 Å². The second kappa shape index (κ2) is 26.3. The van der Waals surface area contributed by atoms with Crippen molar-refractivity contribution in [2.45, 2.75) is 88.3 Å². The fourth-order valence-corrected chi connectivity index (χ4v) is 19.8. The monoisotopic (exact) mass is 1520 g/mol. The molecule has 116 heavy (non-hydrogen) atoms.